The molecule has 20 heavy (non-hydrogen) atoms. The number of sulfone groups is 1. The molecule has 2 aromatic rings. The van der Waals surface area contributed by atoms with E-state index in [1.165, 1.54) is 5.41 Å². The zero-order valence-corrected chi connectivity index (χ0v) is 11.6. The largest absolute Gasteiger partial charge is 0.309 e. The highest BCUT2D eigenvalue weighted by molar-refractivity contribution is 7.94. The molecule has 0 atom stereocenters. The molecule has 102 valence electrons. The second-order valence-corrected chi connectivity index (χ2v) is 6.44. The third-order valence-electron chi connectivity index (χ3n) is 3.24. The lowest BCUT2D eigenvalue weighted by molar-refractivity contribution is 0.605. The molecule has 1 aliphatic heterocycles. The van der Waals surface area contributed by atoms with Gasteiger partial charge in [0, 0.05) is 30.9 Å². The zero-order chi connectivity index (χ0) is 14.0. The molecule has 0 fully saturated rings. The summed E-state index contributed by atoms with van der Waals surface area (Å²) < 4.78 is 23.6. The van der Waals surface area contributed by atoms with Gasteiger partial charge in [-0.05, 0) is 34.9 Å². The third kappa shape index (κ3) is 2.50. The normalized spacial score (nSPS) is 15.2. The first-order valence-electron chi connectivity index (χ1n) is 6.31. The number of rotatable bonds is 4. The van der Waals surface area contributed by atoms with Gasteiger partial charge in [-0.3, -0.25) is 4.98 Å². The molecule has 0 amide bonds. The van der Waals surface area contributed by atoms with Gasteiger partial charge >= 0.3 is 0 Å². The van der Waals surface area contributed by atoms with Gasteiger partial charge < -0.3 is 5.32 Å². The molecule has 2 heterocycles. The van der Waals surface area contributed by atoms with E-state index in [4.69, 9.17) is 0 Å². The maximum Gasteiger partial charge on any atom is 0.200 e. The van der Waals surface area contributed by atoms with Gasteiger partial charge in [0.05, 0.1) is 4.90 Å². The number of hydrogen-bond acceptors (Lipinski definition) is 4. The van der Waals surface area contributed by atoms with Gasteiger partial charge in [-0.2, -0.15) is 0 Å². The fraction of sp³-hybridized carbons (Fsp3) is 0.133. The number of fused-ring (bicyclic) bond motifs is 1. The summed E-state index contributed by atoms with van der Waals surface area (Å²) in [7, 11) is -3.22. The Hall–Kier alpha value is -1.98. The Labute approximate surface area is 118 Å². The van der Waals surface area contributed by atoms with E-state index in [9.17, 15) is 8.42 Å². The SMILES string of the molecule is O=S1(=O)C=Cc2c(CNCc3cccnc3)cccc21. The summed E-state index contributed by atoms with van der Waals surface area (Å²) in [5, 5.41) is 4.57. The first kappa shape index (κ1) is 13.0. The van der Waals surface area contributed by atoms with Crippen LogP contribution in [0.3, 0.4) is 0 Å². The second kappa shape index (κ2) is 5.19. The number of hydrogen-bond donors (Lipinski definition) is 1. The monoisotopic (exact) mass is 286 g/mol. The van der Waals surface area contributed by atoms with Crippen molar-refractivity contribution in [1.29, 1.82) is 0 Å². The Morgan fingerprint density at radius 2 is 2.00 bits per heavy atom. The van der Waals surface area contributed by atoms with E-state index in [1.54, 1.807) is 24.4 Å². The van der Waals surface area contributed by atoms with Crippen molar-refractivity contribution in [3.63, 3.8) is 0 Å². The van der Waals surface area contributed by atoms with Crippen LogP contribution < -0.4 is 5.32 Å². The Balaban J connectivity index is 1.74. The van der Waals surface area contributed by atoms with Gasteiger partial charge in [0.2, 0.25) is 0 Å². The average molecular weight is 286 g/mol. The first-order valence-corrected chi connectivity index (χ1v) is 7.86. The van der Waals surface area contributed by atoms with Crippen molar-refractivity contribution >= 4 is 15.9 Å². The minimum absolute atomic E-state index is 0.401. The van der Waals surface area contributed by atoms with Crippen LogP contribution in [0.2, 0.25) is 0 Å². The smallest absolute Gasteiger partial charge is 0.200 e. The van der Waals surface area contributed by atoms with Crippen molar-refractivity contribution in [1.82, 2.24) is 10.3 Å². The van der Waals surface area contributed by atoms with Gasteiger partial charge in [0.1, 0.15) is 0 Å². The van der Waals surface area contributed by atoms with Gasteiger partial charge in [0.15, 0.2) is 9.84 Å². The number of pyridine rings is 1. The summed E-state index contributed by atoms with van der Waals surface area (Å²) in [5.74, 6) is 0. The lowest BCUT2D eigenvalue weighted by Gasteiger charge is -2.08. The van der Waals surface area contributed by atoms with Crippen LogP contribution in [0, 0.1) is 0 Å². The second-order valence-electron chi connectivity index (χ2n) is 4.64. The van der Waals surface area contributed by atoms with E-state index >= 15 is 0 Å². The highest BCUT2D eigenvalue weighted by Crippen LogP contribution is 2.29. The van der Waals surface area contributed by atoms with E-state index < -0.39 is 9.84 Å². The zero-order valence-electron chi connectivity index (χ0n) is 10.8. The van der Waals surface area contributed by atoms with Crippen molar-refractivity contribution in [3.8, 4) is 0 Å². The Bertz CT molecular complexity index is 753. The van der Waals surface area contributed by atoms with Gasteiger partial charge in [-0.15, -0.1) is 0 Å². The molecule has 1 aromatic carbocycles. The molecule has 0 radical (unpaired) electrons. The molecule has 3 rings (SSSR count). The minimum atomic E-state index is -3.22. The van der Waals surface area contributed by atoms with Crippen LogP contribution in [0.1, 0.15) is 16.7 Å². The van der Waals surface area contributed by atoms with Crippen LogP contribution in [0.4, 0.5) is 0 Å². The molecule has 1 aliphatic rings. The van der Waals surface area contributed by atoms with Crippen LogP contribution in [-0.2, 0) is 22.9 Å². The summed E-state index contributed by atoms with van der Waals surface area (Å²) in [5.41, 5.74) is 2.89. The molecule has 0 saturated heterocycles. The van der Waals surface area contributed by atoms with Gasteiger partial charge in [0.25, 0.3) is 0 Å². The van der Waals surface area contributed by atoms with Crippen LogP contribution in [-0.4, -0.2) is 13.4 Å². The number of aromatic nitrogens is 1. The molecular formula is C15H14N2O2S. The summed E-state index contributed by atoms with van der Waals surface area (Å²) in [6.07, 6.45) is 5.22. The first-order chi connectivity index (χ1) is 9.67. The molecule has 1 N–H and O–H groups in total. The summed E-state index contributed by atoms with van der Waals surface area (Å²) in [6.45, 7) is 1.33. The predicted molar refractivity (Wildman–Crippen MR) is 77.4 cm³/mol. The summed E-state index contributed by atoms with van der Waals surface area (Å²) in [6, 6.07) is 9.27. The molecule has 0 spiro atoms. The Morgan fingerprint density at radius 1 is 1.10 bits per heavy atom. The molecule has 0 saturated carbocycles. The quantitative estimate of drug-likeness (QED) is 0.935. The number of nitrogens with zero attached hydrogens (tertiary/aromatic N) is 1. The van der Waals surface area contributed by atoms with Gasteiger partial charge in [-0.25, -0.2) is 8.42 Å². The standard InChI is InChI=1S/C15H14N2O2S/c18-20(19)8-6-14-13(4-1-5-15(14)20)11-17-10-12-3-2-7-16-9-12/h1-9,17H,10-11H2. The minimum Gasteiger partial charge on any atom is -0.309 e. The topological polar surface area (TPSA) is 59.1 Å². The van der Waals surface area contributed by atoms with Crippen molar-refractivity contribution in [2.24, 2.45) is 0 Å². The summed E-state index contributed by atoms with van der Waals surface area (Å²) in [4.78, 5) is 4.46. The fourth-order valence-corrected chi connectivity index (χ4v) is 3.49. The lowest BCUT2D eigenvalue weighted by atomic mass is 10.1. The van der Waals surface area contributed by atoms with E-state index in [1.807, 2.05) is 24.4 Å². The number of benzene rings is 1. The third-order valence-corrected chi connectivity index (χ3v) is 4.71. The Morgan fingerprint density at radius 3 is 2.80 bits per heavy atom. The van der Waals surface area contributed by atoms with Crippen LogP contribution in [0.5, 0.6) is 0 Å². The van der Waals surface area contributed by atoms with E-state index in [0.717, 1.165) is 16.7 Å². The maximum absolute atomic E-state index is 11.8. The highest BCUT2D eigenvalue weighted by atomic mass is 32.2. The van der Waals surface area contributed by atoms with E-state index in [0.29, 0.717) is 18.0 Å². The molecule has 5 heteroatoms. The van der Waals surface area contributed by atoms with Crippen LogP contribution in [0.15, 0.2) is 53.0 Å². The molecular weight excluding hydrogens is 272 g/mol. The molecule has 1 aromatic heterocycles. The highest BCUT2D eigenvalue weighted by Gasteiger charge is 2.22. The van der Waals surface area contributed by atoms with Gasteiger partial charge in [-0.1, -0.05) is 18.2 Å². The van der Waals surface area contributed by atoms with Crippen LogP contribution in [0.25, 0.3) is 6.08 Å². The Kier molecular flexibility index (Phi) is 3.38. The summed E-state index contributed by atoms with van der Waals surface area (Å²) >= 11 is 0. The molecule has 0 unspecified atom stereocenters. The lowest BCUT2D eigenvalue weighted by Crippen LogP contribution is -2.13. The van der Waals surface area contributed by atoms with Crippen molar-refractivity contribution in [2.75, 3.05) is 0 Å². The fourth-order valence-electron chi connectivity index (χ4n) is 2.26. The van der Waals surface area contributed by atoms with E-state index in [2.05, 4.69) is 10.3 Å². The van der Waals surface area contributed by atoms with E-state index in [-0.39, 0.29) is 0 Å². The number of nitrogens with one attached hydrogen (secondary N) is 1. The van der Waals surface area contributed by atoms with Crippen molar-refractivity contribution in [2.45, 2.75) is 18.0 Å². The van der Waals surface area contributed by atoms with Crippen molar-refractivity contribution < 1.29 is 8.42 Å². The molecule has 4 nitrogen and oxygen atoms in total. The molecule has 0 aliphatic carbocycles. The average Bonchev–Trinajstić information content (AvgIpc) is 2.77. The molecule has 0 bridgehead atoms. The maximum atomic E-state index is 11.8. The predicted octanol–water partition coefficient (Wildman–Crippen LogP) is 2.13. The van der Waals surface area contributed by atoms with Crippen molar-refractivity contribution in [3.05, 3.63) is 64.8 Å². The van der Waals surface area contributed by atoms with Crippen LogP contribution >= 0.6 is 0 Å².